The summed E-state index contributed by atoms with van der Waals surface area (Å²) in [5.74, 6) is 0.588. The van der Waals surface area contributed by atoms with Crippen LogP contribution in [0.25, 0.3) is 10.9 Å². The molecule has 0 unspecified atom stereocenters. The van der Waals surface area contributed by atoms with Crippen LogP contribution >= 0.6 is 0 Å². The van der Waals surface area contributed by atoms with Gasteiger partial charge in [-0.3, -0.25) is 9.48 Å². The second-order valence-corrected chi connectivity index (χ2v) is 7.88. The van der Waals surface area contributed by atoms with Crippen LogP contribution in [0.1, 0.15) is 41.1 Å². The lowest BCUT2D eigenvalue weighted by Crippen LogP contribution is -2.36. The summed E-state index contributed by atoms with van der Waals surface area (Å²) in [6.07, 6.45) is 7.77. The summed E-state index contributed by atoms with van der Waals surface area (Å²) < 4.78 is 3.88. The van der Waals surface area contributed by atoms with Crippen LogP contribution in [0.5, 0.6) is 0 Å². The minimum atomic E-state index is 0.0801. The van der Waals surface area contributed by atoms with Gasteiger partial charge in [0.05, 0.1) is 12.2 Å². The van der Waals surface area contributed by atoms with Crippen LogP contribution in [0.3, 0.4) is 0 Å². The topological polar surface area (TPSA) is 43.1 Å². The first kappa shape index (κ1) is 18.5. The van der Waals surface area contributed by atoms with E-state index < -0.39 is 0 Å². The highest BCUT2D eigenvalue weighted by atomic mass is 16.2. The number of hydrogen-bond acceptors (Lipinski definition) is 2. The Morgan fingerprint density at radius 1 is 1.21 bits per heavy atom. The van der Waals surface area contributed by atoms with E-state index in [0.717, 1.165) is 53.8 Å². The van der Waals surface area contributed by atoms with Crippen LogP contribution in [-0.2, 0) is 20.6 Å². The quantitative estimate of drug-likeness (QED) is 0.626. The van der Waals surface area contributed by atoms with E-state index in [4.69, 9.17) is 0 Å². The minimum absolute atomic E-state index is 0.0801. The van der Waals surface area contributed by atoms with E-state index >= 15 is 0 Å². The Morgan fingerprint density at radius 2 is 2.04 bits per heavy atom. The highest BCUT2D eigenvalue weighted by Crippen LogP contribution is 2.24. The molecule has 0 radical (unpaired) electrons. The van der Waals surface area contributed by atoms with Crippen molar-refractivity contribution in [2.75, 3.05) is 6.54 Å². The lowest BCUT2D eigenvalue weighted by Gasteiger charge is -2.28. The first-order valence-corrected chi connectivity index (χ1v) is 10.0. The third-order valence-corrected chi connectivity index (χ3v) is 5.83. The van der Waals surface area contributed by atoms with Gasteiger partial charge >= 0.3 is 0 Å². The molecule has 0 aliphatic heterocycles. The summed E-state index contributed by atoms with van der Waals surface area (Å²) in [7, 11) is 3.92. The molecule has 146 valence electrons. The first-order chi connectivity index (χ1) is 13.5. The number of nitrogens with zero attached hydrogens (tertiary/aromatic N) is 4. The zero-order valence-electron chi connectivity index (χ0n) is 16.9. The van der Waals surface area contributed by atoms with E-state index in [2.05, 4.69) is 35.4 Å². The lowest BCUT2D eigenvalue weighted by molar-refractivity contribution is 0.0698. The molecule has 0 spiro atoms. The number of carbonyl (C=O) groups is 1. The molecule has 0 saturated heterocycles. The summed E-state index contributed by atoms with van der Waals surface area (Å²) in [4.78, 5) is 15.5. The smallest absolute Gasteiger partial charge is 0.270 e. The van der Waals surface area contributed by atoms with Crippen molar-refractivity contribution in [3.8, 4) is 0 Å². The highest BCUT2D eigenvalue weighted by molar-refractivity contribution is 5.98. The fourth-order valence-electron chi connectivity index (χ4n) is 4.12. The fraction of sp³-hybridized carbons (Fsp3) is 0.391. The van der Waals surface area contributed by atoms with Gasteiger partial charge in [0.25, 0.3) is 5.91 Å². The zero-order valence-corrected chi connectivity index (χ0v) is 16.9. The number of rotatable bonds is 5. The van der Waals surface area contributed by atoms with Crippen molar-refractivity contribution in [1.29, 1.82) is 0 Å². The summed E-state index contributed by atoms with van der Waals surface area (Å²) >= 11 is 0. The Kier molecular flexibility index (Phi) is 5.07. The third-order valence-electron chi connectivity index (χ3n) is 5.83. The third kappa shape index (κ3) is 3.61. The lowest BCUT2D eigenvalue weighted by atomic mass is 9.94. The van der Waals surface area contributed by atoms with Crippen molar-refractivity contribution in [2.24, 2.45) is 20.0 Å². The van der Waals surface area contributed by atoms with Crippen molar-refractivity contribution >= 4 is 16.8 Å². The molecule has 2 heterocycles. The van der Waals surface area contributed by atoms with Crippen LogP contribution < -0.4 is 0 Å². The Bertz CT molecular complexity index is 1010. The summed E-state index contributed by atoms with van der Waals surface area (Å²) in [6.45, 7) is 3.35. The van der Waals surface area contributed by atoms with Crippen LogP contribution in [0.4, 0.5) is 0 Å². The van der Waals surface area contributed by atoms with Gasteiger partial charge in [0.15, 0.2) is 0 Å². The van der Waals surface area contributed by atoms with Gasteiger partial charge in [-0.05, 0) is 50.3 Å². The van der Waals surface area contributed by atoms with E-state index in [-0.39, 0.29) is 5.91 Å². The van der Waals surface area contributed by atoms with E-state index in [1.165, 1.54) is 0 Å². The number of hydrogen-bond donors (Lipinski definition) is 0. The van der Waals surface area contributed by atoms with Gasteiger partial charge in [0.1, 0.15) is 5.69 Å². The molecular formula is C23H28N4O. The Hall–Kier alpha value is -2.82. The summed E-state index contributed by atoms with van der Waals surface area (Å²) in [6, 6.07) is 12.2. The van der Waals surface area contributed by atoms with Gasteiger partial charge in [0, 0.05) is 37.2 Å². The number of amides is 1. The van der Waals surface area contributed by atoms with E-state index in [0.29, 0.717) is 12.5 Å². The fourth-order valence-corrected chi connectivity index (χ4v) is 4.12. The second-order valence-electron chi connectivity index (χ2n) is 7.88. The molecule has 5 heteroatoms. The Labute approximate surface area is 166 Å². The van der Waals surface area contributed by atoms with Crippen molar-refractivity contribution in [2.45, 2.75) is 32.7 Å². The van der Waals surface area contributed by atoms with Crippen LogP contribution in [-0.4, -0.2) is 31.7 Å². The largest absolute Gasteiger partial charge is 0.340 e. The number of aromatic nitrogens is 3. The number of para-hydroxylation sites is 1. The molecule has 0 fully saturated rings. The molecule has 0 bridgehead atoms. The van der Waals surface area contributed by atoms with Crippen LogP contribution in [0.15, 0.2) is 48.6 Å². The molecule has 1 aliphatic carbocycles. The van der Waals surface area contributed by atoms with Gasteiger partial charge in [-0.15, -0.1) is 0 Å². The van der Waals surface area contributed by atoms with Gasteiger partial charge in [-0.25, -0.2) is 0 Å². The molecule has 4 rings (SSSR count). The summed E-state index contributed by atoms with van der Waals surface area (Å²) in [5.41, 5.74) is 3.87. The van der Waals surface area contributed by atoms with Crippen molar-refractivity contribution in [1.82, 2.24) is 19.2 Å². The minimum Gasteiger partial charge on any atom is -0.340 e. The number of allylic oxidation sites excluding steroid dienone is 2. The predicted octanol–water partition coefficient (Wildman–Crippen LogP) is 4.22. The first-order valence-electron chi connectivity index (χ1n) is 10.0. The average molecular weight is 377 g/mol. The van der Waals surface area contributed by atoms with Crippen molar-refractivity contribution < 1.29 is 4.79 Å². The molecule has 1 aromatic carbocycles. The molecule has 28 heavy (non-hydrogen) atoms. The maximum Gasteiger partial charge on any atom is 0.270 e. The van der Waals surface area contributed by atoms with Gasteiger partial charge in [0.2, 0.25) is 0 Å². The molecule has 0 N–H and O–H groups in total. The number of carbonyl (C=O) groups excluding carboxylic acids is 1. The number of aryl methyl sites for hydroxylation is 3. The molecule has 5 nitrogen and oxygen atoms in total. The zero-order chi connectivity index (χ0) is 19.7. The van der Waals surface area contributed by atoms with Gasteiger partial charge in [-0.1, -0.05) is 30.4 Å². The van der Waals surface area contributed by atoms with Gasteiger partial charge in [-0.2, -0.15) is 5.10 Å². The molecule has 1 atom stereocenters. The number of fused-ring (bicyclic) bond motifs is 1. The van der Waals surface area contributed by atoms with E-state index in [1.54, 1.807) is 0 Å². The maximum atomic E-state index is 13.6. The van der Waals surface area contributed by atoms with Crippen LogP contribution in [0.2, 0.25) is 0 Å². The Morgan fingerprint density at radius 3 is 2.71 bits per heavy atom. The monoisotopic (exact) mass is 376 g/mol. The van der Waals surface area contributed by atoms with Crippen molar-refractivity contribution in [3.63, 3.8) is 0 Å². The maximum absolute atomic E-state index is 13.6. The molecule has 3 aromatic rings. The Balaban J connectivity index is 1.65. The normalized spacial score (nSPS) is 16.6. The highest BCUT2D eigenvalue weighted by Gasteiger charge is 2.24. The second kappa shape index (κ2) is 7.66. The van der Waals surface area contributed by atoms with E-state index in [9.17, 15) is 4.79 Å². The molecule has 1 amide bonds. The van der Waals surface area contributed by atoms with Gasteiger partial charge < -0.3 is 9.47 Å². The predicted molar refractivity (Wildman–Crippen MR) is 112 cm³/mol. The standard InChI is InChI=1S/C23H28N4O/c1-17-13-20(24-26(17)3)16-27(15-18-9-5-4-6-10-18)23(28)22-14-19-11-7-8-12-21(19)25(22)2/h4-5,7-8,11-14,18H,6,9-10,15-16H2,1-3H3/t18-/m1/s1. The number of benzene rings is 1. The molecule has 0 saturated carbocycles. The van der Waals surface area contributed by atoms with Crippen molar-refractivity contribution in [3.05, 3.63) is 65.6 Å². The SMILES string of the molecule is Cc1cc(CN(C[C@@H]2CC=CCC2)C(=O)c2cc3ccccc3n2C)nn1C. The van der Waals surface area contributed by atoms with E-state index in [1.807, 2.05) is 53.4 Å². The van der Waals surface area contributed by atoms with Crippen LogP contribution in [0, 0.1) is 12.8 Å². The molecule has 1 aliphatic rings. The molecular weight excluding hydrogens is 348 g/mol. The average Bonchev–Trinajstić information content (AvgIpc) is 3.20. The summed E-state index contributed by atoms with van der Waals surface area (Å²) in [5, 5.41) is 5.69. The molecule has 2 aromatic heterocycles.